The normalized spacial score (nSPS) is 15.6. The average Bonchev–Trinajstić information content (AvgIpc) is 4.01. The van der Waals surface area contributed by atoms with Crippen LogP contribution in [-0.2, 0) is 32.7 Å². The van der Waals surface area contributed by atoms with E-state index in [1.165, 1.54) is 41.0 Å². The summed E-state index contributed by atoms with van der Waals surface area (Å²) in [5, 5.41) is 20.5. The van der Waals surface area contributed by atoms with Crippen LogP contribution in [0.15, 0.2) is 87.6 Å². The fourth-order valence-electron chi connectivity index (χ4n) is 7.29. The molecule has 1 aliphatic rings. The molecule has 6 aromatic rings. The fraction of sp³-hybridized carbons (Fsp3) is 0.370. The topological polar surface area (TPSA) is 221 Å². The van der Waals surface area contributed by atoms with Gasteiger partial charge in [-0.3, -0.25) is 24.0 Å². The third-order valence-corrected chi connectivity index (χ3v) is 11.9. The molecule has 0 bridgehead atoms. The molecular formula is C46H50N8O9S. The number of hydrogen-bond donors (Lipinski definition) is 3. The number of β-amino-alcohol motifs (C(OH)–C–C–N with tert-alkyl or cyclic N) is 1. The average molecular weight is 891 g/mol. The summed E-state index contributed by atoms with van der Waals surface area (Å²) < 4.78 is 18.3. The molecule has 0 spiro atoms. The molecule has 5 heterocycles. The van der Waals surface area contributed by atoms with Crippen molar-refractivity contribution in [2.24, 2.45) is 18.4 Å². The number of ketones is 1. The second kappa shape index (κ2) is 19.8. The number of carbonyl (C=O) groups is 4. The van der Waals surface area contributed by atoms with Crippen molar-refractivity contribution in [1.29, 1.82) is 0 Å². The number of aryl methyl sites for hydroxylation is 2. The first-order chi connectivity index (χ1) is 30.6. The summed E-state index contributed by atoms with van der Waals surface area (Å²) in [6.07, 6.45) is 0.724. The first-order valence-electron chi connectivity index (χ1n) is 20.8. The van der Waals surface area contributed by atoms with Crippen LogP contribution >= 0.6 is 11.3 Å². The number of benzene rings is 2. The molecule has 3 N–H and O–H groups in total. The van der Waals surface area contributed by atoms with Crippen LogP contribution < -0.4 is 20.9 Å². The SMILES string of the molecule is Cc1ncsc1-c1ccc(CNC(=O)[C@@H]2C[C@@H](O)CN2C(=O)[C@@H](CC(=O)CCOCCOc2ccc(C(=O)Nc3ccc4oc(-c5ccc(=O)n(C)n5)nc4c3)nc2)C(C)(C)C)cc1. The second-order valence-corrected chi connectivity index (χ2v) is 17.5. The van der Waals surface area contributed by atoms with Crippen molar-refractivity contribution < 1.29 is 38.2 Å². The molecule has 1 fully saturated rings. The second-order valence-electron chi connectivity index (χ2n) is 16.7. The highest BCUT2D eigenvalue weighted by atomic mass is 32.1. The van der Waals surface area contributed by atoms with E-state index in [0.29, 0.717) is 28.2 Å². The van der Waals surface area contributed by atoms with E-state index >= 15 is 0 Å². The van der Waals surface area contributed by atoms with Crippen LogP contribution in [0.3, 0.4) is 0 Å². The molecule has 18 heteroatoms. The molecule has 0 saturated carbocycles. The van der Waals surface area contributed by atoms with Crippen LogP contribution in [-0.4, -0.2) is 96.8 Å². The number of aliphatic hydroxyl groups is 1. The molecule has 7 rings (SSSR count). The van der Waals surface area contributed by atoms with Crippen molar-refractivity contribution in [3.63, 3.8) is 0 Å². The van der Waals surface area contributed by atoms with Gasteiger partial charge in [0.2, 0.25) is 17.7 Å². The third kappa shape index (κ3) is 11.1. The van der Waals surface area contributed by atoms with Crippen LogP contribution in [0.4, 0.5) is 5.69 Å². The van der Waals surface area contributed by atoms with E-state index in [1.54, 1.807) is 35.6 Å². The Hall–Kier alpha value is -6.63. The van der Waals surface area contributed by atoms with Gasteiger partial charge in [0.1, 0.15) is 41.1 Å². The summed E-state index contributed by atoms with van der Waals surface area (Å²) in [4.78, 5) is 80.7. The van der Waals surface area contributed by atoms with Crippen molar-refractivity contribution in [2.75, 3.05) is 31.7 Å². The number of Topliss-reactive ketones (excluding diaryl/α,β-unsaturated/α-hetero) is 1. The van der Waals surface area contributed by atoms with Gasteiger partial charge in [-0.15, -0.1) is 11.3 Å². The number of oxazole rings is 1. The predicted octanol–water partition coefficient (Wildman–Crippen LogP) is 5.35. The van der Waals surface area contributed by atoms with Gasteiger partial charge in [0, 0.05) is 57.1 Å². The summed E-state index contributed by atoms with van der Waals surface area (Å²) in [7, 11) is 1.53. The smallest absolute Gasteiger partial charge is 0.274 e. The standard InChI is InChI=1S/C46H50N8O9S/c1-27-41(64-26-49-27)29-8-6-28(7-9-29)23-48-43(59)38-22-32(56)25-54(38)45(60)34(46(2,3)4)21-31(55)16-17-61-18-19-62-33-11-12-35(47-24-33)42(58)50-30-10-14-39-37(20-30)51-44(63-39)36-13-15-40(57)53(5)52-36/h6-15,20,24,26,32,34,38,56H,16-19,21-23,25H2,1-5H3,(H,48,59)(H,50,58)/t32-,34-,38+/m1/s1. The van der Waals surface area contributed by atoms with E-state index in [4.69, 9.17) is 13.9 Å². The summed E-state index contributed by atoms with van der Waals surface area (Å²) in [5.41, 5.74) is 5.85. The number of pyridine rings is 1. The highest BCUT2D eigenvalue weighted by molar-refractivity contribution is 7.13. The zero-order chi connectivity index (χ0) is 45.5. The molecule has 0 aliphatic carbocycles. The number of nitrogens with zero attached hydrogens (tertiary/aromatic N) is 6. The Morgan fingerprint density at radius 3 is 2.50 bits per heavy atom. The number of thiazole rings is 1. The zero-order valence-electron chi connectivity index (χ0n) is 36.2. The molecule has 4 aromatic heterocycles. The quantitative estimate of drug-likeness (QED) is 0.0985. The van der Waals surface area contributed by atoms with E-state index in [1.807, 2.05) is 57.5 Å². The number of rotatable bonds is 17. The summed E-state index contributed by atoms with van der Waals surface area (Å²) in [5.74, 6) is -1.36. The van der Waals surface area contributed by atoms with E-state index in [-0.39, 0.29) is 86.9 Å². The van der Waals surface area contributed by atoms with Crippen molar-refractivity contribution in [3.8, 4) is 27.8 Å². The Morgan fingerprint density at radius 1 is 1.00 bits per heavy atom. The molecule has 0 radical (unpaired) electrons. The molecule has 2 aromatic carbocycles. The van der Waals surface area contributed by atoms with Gasteiger partial charge in [-0.1, -0.05) is 45.0 Å². The number of aliphatic hydroxyl groups excluding tert-OH is 1. The monoisotopic (exact) mass is 890 g/mol. The van der Waals surface area contributed by atoms with Gasteiger partial charge in [0.25, 0.3) is 11.5 Å². The summed E-state index contributed by atoms with van der Waals surface area (Å²) >= 11 is 1.57. The van der Waals surface area contributed by atoms with Crippen LogP contribution in [0, 0.1) is 18.3 Å². The van der Waals surface area contributed by atoms with Crippen molar-refractivity contribution in [3.05, 3.63) is 106 Å². The fourth-order valence-corrected chi connectivity index (χ4v) is 8.10. The minimum atomic E-state index is -0.857. The highest BCUT2D eigenvalue weighted by Gasteiger charge is 2.44. The molecule has 17 nitrogen and oxygen atoms in total. The number of hydrogen-bond acceptors (Lipinski definition) is 14. The molecule has 1 saturated heterocycles. The number of anilines is 1. The van der Waals surface area contributed by atoms with Crippen LogP contribution in [0.1, 0.15) is 61.8 Å². The Bertz CT molecular complexity index is 2690. The molecular weight excluding hydrogens is 841 g/mol. The van der Waals surface area contributed by atoms with Crippen LogP contribution in [0.2, 0.25) is 0 Å². The number of fused-ring (bicyclic) bond motifs is 1. The predicted molar refractivity (Wildman–Crippen MR) is 238 cm³/mol. The van der Waals surface area contributed by atoms with E-state index < -0.39 is 29.4 Å². The number of amides is 3. The van der Waals surface area contributed by atoms with E-state index in [9.17, 15) is 29.1 Å². The lowest BCUT2D eigenvalue weighted by molar-refractivity contribution is -0.146. The Morgan fingerprint density at radius 2 is 1.80 bits per heavy atom. The van der Waals surface area contributed by atoms with Crippen molar-refractivity contribution in [2.45, 2.75) is 65.6 Å². The van der Waals surface area contributed by atoms with Gasteiger partial charge in [-0.05, 0) is 59.9 Å². The maximum atomic E-state index is 14.0. The lowest BCUT2D eigenvalue weighted by Gasteiger charge is -2.34. The molecule has 1 aliphatic heterocycles. The lowest BCUT2D eigenvalue weighted by atomic mass is 9.76. The number of ether oxygens (including phenoxy) is 2. The minimum absolute atomic E-state index is 0.0119. The number of carbonyl (C=O) groups excluding carboxylic acids is 4. The molecule has 3 amide bonds. The minimum Gasteiger partial charge on any atom is -0.490 e. The zero-order valence-corrected chi connectivity index (χ0v) is 37.0. The Kier molecular flexibility index (Phi) is 14.1. The highest BCUT2D eigenvalue weighted by Crippen LogP contribution is 2.34. The molecule has 334 valence electrons. The van der Waals surface area contributed by atoms with Gasteiger partial charge in [0.15, 0.2) is 5.58 Å². The lowest BCUT2D eigenvalue weighted by Crippen LogP contribution is -2.50. The van der Waals surface area contributed by atoms with Gasteiger partial charge in [-0.2, -0.15) is 5.10 Å². The first kappa shape index (κ1) is 45.4. The molecule has 64 heavy (non-hydrogen) atoms. The van der Waals surface area contributed by atoms with Crippen molar-refractivity contribution >= 4 is 51.6 Å². The molecule has 0 unspecified atom stereocenters. The van der Waals surface area contributed by atoms with Gasteiger partial charge < -0.3 is 34.5 Å². The molecule has 3 atom stereocenters. The number of nitrogens with one attached hydrogen (secondary N) is 2. The van der Waals surface area contributed by atoms with Crippen LogP contribution in [0.25, 0.3) is 33.1 Å². The largest absolute Gasteiger partial charge is 0.490 e. The first-order valence-corrected chi connectivity index (χ1v) is 21.7. The van der Waals surface area contributed by atoms with E-state index in [0.717, 1.165) is 21.7 Å². The maximum absolute atomic E-state index is 14.0. The Balaban J connectivity index is 0.830. The van der Waals surface area contributed by atoms with Crippen LogP contribution in [0.5, 0.6) is 5.75 Å². The third-order valence-electron chi connectivity index (χ3n) is 10.9. The van der Waals surface area contributed by atoms with Gasteiger partial charge >= 0.3 is 0 Å². The van der Waals surface area contributed by atoms with Gasteiger partial charge in [0.05, 0.1) is 41.6 Å². The maximum Gasteiger partial charge on any atom is 0.274 e. The van der Waals surface area contributed by atoms with Crippen molar-refractivity contribution in [1.82, 2.24) is 34.9 Å². The number of aromatic nitrogens is 5. The summed E-state index contributed by atoms with van der Waals surface area (Å²) in [6, 6.07) is 18.0. The van der Waals surface area contributed by atoms with Gasteiger partial charge in [-0.25, -0.2) is 19.6 Å². The number of likely N-dealkylation sites (tertiary alicyclic amines) is 1. The summed E-state index contributed by atoms with van der Waals surface area (Å²) in [6.45, 7) is 8.36. The van der Waals surface area contributed by atoms with E-state index in [2.05, 4.69) is 30.7 Å². The Labute approximate surface area is 372 Å².